The normalized spacial score (nSPS) is 14.6. The molecule has 1 aliphatic heterocycles. The van der Waals surface area contributed by atoms with Crippen LogP contribution in [0.1, 0.15) is 16.2 Å². The highest BCUT2D eigenvalue weighted by Crippen LogP contribution is 2.27. The van der Waals surface area contributed by atoms with Crippen LogP contribution in [0, 0.1) is 6.92 Å². The number of hydrogen-bond donors (Lipinski definition) is 0. The number of amides is 1. The number of nitrogens with zero attached hydrogens (tertiary/aromatic N) is 4. The maximum absolute atomic E-state index is 12.9. The van der Waals surface area contributed by atoms with Crippen molar-refractivity contribution in [1.82, 2.24) is 9.97 Å². The summed E-state index contributed by atoms with van der Waals surface area (Å²) in [5.41, 5.74) is 1.33. The highest BCUT2D eigenvalue weighted by Gasteiger charge is 2.27. The lowest BCUT2D eigenvalue weighted by Gasteiger charge is -2.21. The predicted octanol–water partition coefficient (Wildman–Crippen LogP) is 1.89. The quantitative estimate of drug-likeness (QED) is 0.847. The minimum Gasteiger partial charge on any atom is -0.497 e. The van der Waals surface area contributed by atoms with Crippen LogP contribution in [-0.4, -0.2) is 43.1 Å². The number of benzene rings is 1. The van der Waals surface area contributed by atoms with E-state index in [-0.39, 0.29) is 5.91 Å². The van der Waals surface area contributed by atoms with Crippen LogP contribution in [-0.2, 0) is 0 Å². The molecule has 1 aromatic carbocycles. The van der Waals surface area contributed by atoms with Gasteiger partial charge < -0.3 is 14.5 Å². The molecule has 1 aromatic heterocycles. The number of fused-ring (bicyclic) bond motifs is 1. The van der Waals surface area contributed by atoms with Crippen molar-refractivity contribution in [3.8, 4) is 5.75 Å². The monoisotopic (exact) mass is 298 g/mol. The smallest absolute Gasteiger partial charge is 0.263 e. The van der Waals surface area contributed by atoms with Crippen LogP contribution in [0.2, 0.25) is 0 Å². The van der Waals surface area contributed by atoms with Crippen LogP contribution in [0.3, 0.4) is 0 Å². The lowest BCUT2D eigenvalue weighted by Crippen LogP contribution is -2.33. The molecular formula is C16H18N4O2. The number of hydrogen-bond acceptors (Lipinski definition) is 5. The molecule has 0 spiro atoms. The summed E-state index contributed by atoms with van der Waals surface area (Å²) >= 11 is 0. The Bertz CT molecular complexity index is 717. The molecule has 22 heavy (non-hydrogen) atoms. The molecule has 3 rings (SSSR count). The summed E-state index contributed by atoms with van der Waals surface area (Å²) < 4.78 is 5.25. The van der Waals surface area contributed by atoms with E-state index in [0.717, 1.165) is 11.4 Å². The Morgan fingerprint density at radius 2 is 2.09 bits per heavy atom. The second-order valence-corrected chi connectivity index (χ2v) is 5.23. The van der Waals surface area contributed by atoms with Gasteiger partial charge in [0.15, 0.2) is 0 Å². The number of ether oxygens (including phenoxy) is 1. The summed E-state index contributed by atoms with van der Waals surface area (Å²) in [6.45, 7) is 3.10. The van der Waals surface area contributed by atoms with E-state index in [2.05, 4.69) is 9.97 Å². The van der Waals surface area contributed by atoms with E-state index in [1.165, 1.54) is 0 Å². The Labute approximate surface area is 129 Å². The Kier molecular flexibility index (Phi) is 3.66. The molecule has 6 nitrogen and oxygen atoms in total. The molecule has 2 aromatic rings. The fourth-order valence-corrected chi connectivity index (χ4v) is 2.53. The highest BCUT2D eigenvalue weighted by atomic mass is 16.5. The first-order valence-electron chi connectivity index (χ1n) is 7.11. The molecule has 0 aliphatic carbocycles. The highest BCUT2D eigenvalue weighted by molar-refractivity contribution is 6.09. The second kappa shape index (κ2) is 5.63. The lowest BCUT2D eigenvalue weighted by atomic mass is 10.2. The van der Waals surface area contributed by atoms with E-state index in [9.17, 15) is 4.79 Å². The van der Waals surface area contributed by atoms with Gasteiger partial charge in [-0.2, -0.15) is 0 Å². The molecule has 0 saturated heterocycles. The van der Waals surface area contributed by atoms with Crippen molar-refractivity contribution < 1.29 is 9.53 Å². The van der Waals surface area contributed by atoms with Gasteiger partial charge in [-0.1, -0.05) is 6.07 Å². The molecule has 114 valence electrons. The summed E-state index contributed by atoms with van der Waals surface area (Å²) in [6.07, 6.45) is 1.61. The van der Waals surface area contributed by atoms with Crippen molar-refractivity contribution in [1.29, 1.82) is 0 Å². The molecule has 0 fully saturated rings. The largest absolute Gasteiger partial charge is 0.497 e. The Morgan fingerprint density at radius 1 is 1.27 bits per heavy atom. The molecular weight excluding hydrogens is 280 g/mol. The van der Waals surface area contributed by atoms with Crippen LogP contribution >= 0.6 is 0 Å². The molecule has 0 saturated carbocycles. The van der Waals surface area contributed by atoms with Crippen molar-refractivity contribution in [2.24, 2.45) is 0 Å². The van der Waals surface area contributed by atoms with Crippen LogP contribution in [0.5, 0.6) is 5.75 Å². The summed E-state index contributed by atoms with van der Waals surface area (Å²) in [5.74, 6) is 1.98. The van der Waals surface area contributed by atoms with E-state index >= 15 is 0 Å². The summed E-state index contributed by atoms with van der Waals surface area (Å²) in [6, 6.07) is 7.50. The topological polar surface area (TPSA) is 58.6 Å². The van der Waals surface area contributed by atoms with Gasteiger partial charge in [-0.15, -0.1) is 0 Å². The van der Waals surface area contributed by atoms with Gasteiger partial charge in [0.25, 0.3) is 5.91 Å². The number of carbonyl (C=O) groups is 1. The summed E-state index contributed by atoms with van der Waals surface area (Å²) in [5, 5.41) is 0. The van der Waals surface area contributed by atoms with Gasteiger partial charge in [0.05, 0.1) is 7.11 Å². The first-order valence-corrected chi connectivity index (χ1v) is 7.11. The zero-order valence-corrected chi connectivity index (χ0v) is 12.9. The maximum atomic E-state index is 12.9. The number of aryl methyl sites for hydroxylation is 1. The number of aromatic nitrogens is 2. The summed E-state index contributed by atoms with van der Waals surface area (Å²) in [4.78, 5) is 25.2. The Hall–Kier alpha value is -2.63. The van der Waals surface area contributed by atoms with E-state index in [0.29, 0.717) is 30.3 Å². The van der Waals surface area contributed by atoms with Gasteiger partial charge >= 0.3 is 0 Å². The van der Waals surface area contributed by atoms with Gasteiger partial charge in [-0.25, -0.2) is 9.97 Å². The third-order valence-electron chi connectivity index (χ3n) is 3.75. The van der Waals surface area contributed by atoms with Crippen molar-refractivity contribution in [3.63, 3.8) is 0 Å². The van der Waals surface area contributed by atoms with Crippen LogP contribution < -0.4 is 14.5 Å². The van der Waals surface area contributed by atoms with Crippen LogP contribution in [0.25, 0.3) is 0 Å². The van der Waals surface area contributed by atoms with Crippen molar-refractivity contribution in [3.05, 3.63) is 41.9 Å². The third kappa shape index (κ3) is 2.47. The van der Waals surface area contributed by atoms with Crippen molar-refractivity contribution >= 4 is 17.4 Å². The van der Waals surface area contributed by atoms with E-state index in [1.54, 1.807) is 18.2 Å². The molecule has 0 bridgehead atoms. The second-order valence-electron chi connectivity index (χ2n) is 5.23. The van der Waals surface area contributed by atoms with Crippen LogP contribution in [0.15, 0.2) is 30.5 Å². The van der Waals surface area contributed by atoms with Gasteiger partial charge in [0.2, 0.25) is 0 Å². The molecule has 0 atom stereocenters. The maximum Gasteiger partial charge on any atom is 0.263 e. The molecule has 2 heterocycles. The third-order valence-corrected chi connectivity index (χ3v) is 3.75. The zero-order valence-electron chi connectivity index (χ0n) is 12.9. The number of likely N-dealkylation sites (N-methyl/N-ethyl adjacent to an activating group) is 1. The zero-order chi connectivity index (χ0) is 15.7. The first kappa shape index (κ1) is 14.3. The number of carbonyl (C=O) groups excluding carboxylic acids is 1. The lowest BCUT2D eigenvalue weighted by molar-refractivity contribution is 0.0989. The SMILES string of the molecule is COc1cccc(N2CCN(C)c3nc(C)ncc3C2=O)c1. The van der Waals surface area contributed by atoms with Gasteiger partial charge in [0, 0.05) is 38.1 Å². The van der Waals surface area contributed by atoms with Gasteiger partial charge in [-0.3, -0.25) is 4.79 Å². The van der Waals surface area contributed by atoms with Crippen molar-refractivity contribution in [2.75, 3.05) is 37.0 Å². The van der Waals surface area contributed by atoms with Crippen molar-refractivity contribution in [2.45, 2.75) is 6.92 Å². The number of methoxy groups -OCH3 is 1. The minimum atomic E-state index is -0.0902. The average Bonchev–Trinajstić information content (AvgIpc) is 2.65. The molecule has 0 radical (unpaired) electrons. The average molecular weight is 298 g/mol. The minimum absolute atomic E-state index is 0.0902. The van der Waals surface area contributed by atoms with E-state index in [4.69, 9.17) is 4.74 Å². The molecule has 0 N–H and O–H groups in total. The Morgan fingerprint density at radius 3 is 2.86 bits per heavy atom. The van der Waals surface area contributed by atoms with Gasteiger partial charge in [0.1, 0.15) is 23.0 Å². The molecule has 1 aliphatic rings. The number of anilines is 2. The van der Waals surface area contributed by atoms with E-state index < -0.39 is 0 Å². The first-order chi connectivity index (χ1) is 10.6. The molecule has 0 unspecified atom stereocenters. The van der Waals surface area contributed by atoms with Gasteiger partial charge in [-0.05, 0) is 19.1 Å². The van der Waals surface area contributed by atoms with Crippen LogP contribution in [0.4, 0.5) is 11.5 Å². The Balaban J connectivity index is 2.04. The fourth-order valence-electron chi connectivity index (χ4n) is 2.53. The standard InChI is InChI=1S/C16H18N4O2/c1-11-17-10-14-15(18-11)19(2)7-8-20(16(14)21)12-5-4-6-13(9-12)22-3/h4-6,9-10H,7-8H2,1-3H3. The predicted molar refractivity (Wildman–Crippen MR) is 84.7 cm³/mol. The van der Waals surface area contributed by atoms with E-state index in [1.807, 2.05) is 43.1 Å². The number of rotatable bonds is 2. The fraction of sp³-hybridized carbons (Fsp3) is 0.312. The molecule has 6 heteroatoms. The summed E-state index contributed by atoms with van der Waals surface area (Å²) in [7, 11) is 3.55. The molecule has 1 amide bonds.